The predicted octanol–water partition coefficient (Wildman–Crippen LogP) is -0.748. The van der Waals surface area contributed by atoms with Crippen molar-refractivity contribution in [3.63, 3.8) is 0 Å². The molecule has 0 aliphatic heterocycles. The molecule has 1 unspecified atom stereocenters. The van der Waals surface area contributed by atoms with Crippen LogP contribution in [0.15, 0.2) is 41.8 Å². The fourth-order valence-corrected chi connectivity index (χ4v) is 2.27. The summed E-state index contributed by atoms with van der Waals surface area (Å²) in [6.07, 6.45) is 4.50. The molecular formula is C18H22N6O4. The third-order valence-corrected chi connectivity index (χ3v) is 3.82. The van der Waals surface area contributed by atoms with Gasteiger partial charge in [-0.2, -0.15) is 0 Å². The number of nitrogens with one attached hydrogen (secondary N) is 3. The molecule has 1 aromatic carbocycles. The van der Waals surface area contributed by atoms with Gasteiger partial charge in [0.2, 0.25) is 17.7 Å². The van der Waals surface area contributed by atoms with E-state index in [1.165, 1.54) is 31.7 Å². The second kappa shape index (κ2) is 9.86. The highest BCUT2D eigenvalue weighted by molar-refractivity contribution is 5.92. The van der Waals surface area contributed by atoms with E-state index < -0.39 is 29.8 Å². The van der Waals surface area contributed by atoms with Crippen LogP contribution in [0.2, 0.25) is 0 Å². The molecule has 6 N–H and O–H groups in total. The van der Waals surface area contributed by atoms with Crippen LogP contribution in [0.4, 0.5) is 0 Å². The van der Waals surface area contributed by atoms with E-state index in [1.54, 1.807) is 18.2 Å². The zero-order chi connectivity index (χ0) is 20.5. The number of nitrogens with zero attached hydrogens (tertiary/aromatic N) is 2. The van der Waals surface area contributed by atoms with Gasteiger partial charge in [0.1, 0.15) is 24.4 Å². The van der Waals surface area contributed by atoms with Crippen LogP contribution in [0, 0.1) is 0 Å². The van der Waals surface area contributed by atoms with Gasteiger partial charge in [0.15, 0.2) is 0 Å². The first-order valence-electron chi connectivity index (χ1n) is 8.51. The maximum atomic E-state index is 12.4. The van der Waals surface area contributed by atoms with E-state index >= 15 is 0 Å². The predicted molar refractivity (Wildman–Crippen MR) is 102 cm³/mol. The number of hydrogen-bond donors (Lipinski definition) is 5. The van der Waals surface area contributed by atoms with Crippen molar-refractivity contribution in [3.8, 4) is 5.75 Å². The number of aromatic amines is 1. The summed E-state index contributed by atoms with van der Waals surface area (Å²) in [5, 5.41) is 14.7. The lowest BCUT2D eigenvalue weighted by atomic mass is 10.1. The number of carbonyl (C=O) groups excluding carboxylic acids is 3. The molecule has 1 heterocycles. The van der Waals surface area contributed by atoms with Gasteiger partial charge in [0.25, 0.3) is 0 Å². The number of benzene rings is 1. The molecule has 0 aliphatic rings. The molecule has 2 rings (SSSR count). The van der Waals surface area contributed by atoms with Gasteiger partial charge < -0.3 is 26.5 Å². The highest BCUT2D eigenvalue weighted by Gasteiger charge is 2.24. The minimum Gasteiger partial charge on any atom is -0.507 e. The number of rotatable bonds is 9. The SMILES string of the molecule is CC(NC(=O)[C@H](Cc1cnc[nH]1)NC(=O)CN=Cc1ccccc1O)C(N)=O. The highest BCUT2D eigenvalue weighted by Crippen LogP contribution is 2.12. The van der Waals surface area contributed by atoms with Gasteiger partial charge in [-0.05, 0) is 19.1 Å². The summed E-state index contributed by atoms with van der Waals surface area (Å²) < 4.78 is 0. The lowest BCUT2D eigenvalue weighted by Crippen LogP contribution is -2.53. The number of primary amides is 1. The number of H-pyrrole nitrogens is 1. The molecule has 0 saturated carbocycles. The third kappa shape index (κ3) is 6.24. The molecule has 0 fully saturated rings. The molecule has 0 aliphatic carbocycles. The average molecular weight is 386 g/mol. The Labute approximate surface area is 161 Å². The molecule has 10 heteroatoms. The van der Waals surface area contributed by atoms with Gasteiger partial charge >= 0.3 is 0 Å². The maximum Gasteiger partial charge on any atom is 0.243 e. The summed E-state index contributed by atoms with van der Waals surface area (Å²) in [6, 6.07) is 4.72. The Morgan fingerprint density at radius 2 is 2.07 bits per heavy atom. The molecule has 1 aromatic heterocycles. The lowest BCUT2D eigenvalue weighted by molar-refractivity contribution is -0.130. The van der Waals surface area contributed by atoms with Gasteiger partial charge in [-0.1, -0.05) is 12.1 Å². The number of carbonyl (C=O) groups is 3. The Morgan fingerprint density at radius 3 is 2.71 bits per heavy atom. The Hall–Kier alpha value is -3.69. The van der Waals surface area contributed by atoms with Crippen molar-refractivity contribution < 1.29 is 19.5 Å². The molecule has 0 saturated heterocycles. The summed E-state index contributed by atoms with van der Waals surface area (Å²) in [5.74, 6) is -1.70. The summed E-state index contributed by atoms with van der Waals surface area (Å²) in [4.78, 5) is 46.5. The topological polar surface area (TPSA) is 163 Å². The molecule has 0 bridgehead atoms. The number of aromatic nitrogens is 2. The second-order valence-corrected chi connectivity index (χ2v) is 6.06. The zero-order valence-corrected chi connectivity index (χ0v) is 15.3. The molecule has 148 valence electrons. The zero-order valence-electron chi connectivity index (χ0n) is 15.3. The third-order valence-electron chi connectivity index (χ3n) is 3.82. The van der Waals surface area contributed by atoms with Gasteiger partial charge in [0.05, 0.1) is 6.33 Å². The largest absolute Gasteiger partial charge is 0.507 e. The number of amides is 3. The molecule has 2 atom stereocenters. The van der Waals surface area contributed by atoms with Gasteiger partial charge in [0, 0.05) is 30.1 Å². The van der Waals surface area contributed by atoms with Crippen LogP contribution in [-0.2, 0) is 20.8 Å². The van der Waals surface area contributed by atoms with Crippen LogP contribution in [0.1, 0.15) is 18.2 Å². The number of nitrogens with two attached hydrogens (primary N) is 1. The van der Waals surface area contributed by atoms with Crippen molar-refractivity contribution in [1.82, 2.24) is 20.6 Å². The Morgan fingerprint density at radius 1 is 1.32 bits per heavy atom. The van der Waals surface area contributed by atoms with E-state index in [9.17, 15) is 19.5 Å². The van der Waals surface area contributed by atoms with Crippen LogP contribution in [-0.4, -0.2) is 57.6 Å². The van der Waals surface area contributed by atoms with Crippen LogP contribution < -0.4 is 16.4 Å². The van der Waals surface area contributed by atoms with Gasteiger partial charge in [-0.25, -0.2) is 4.98 Å². The first-order valence-corrected chi connectivity index (χ1v) is 8.51. The smallest absolute Gasteiger partial charge is 0.243 e. The number of aliphatic imine (C=N–C) groups is 1. The highest BCUT2D eigenvalue weighted by atomic mass is 16.3. The number of phenolic OH excluding ortho intramolecular Hbond substituents is 1. The van der Waals surface area contributed by atoms with E-state index in [-0.39, 0.29) is 18.7 Å². The first kappa shape index (κ1) is 20.6. The van der Waals surface area contributed by atoms with Gasteiger partial charge in [-0.15, -0.1) is 0 Å². The molecule has 10 nitrogen and oxygen atoms in total. The summed E-state index contributed by atoms with van der Waals surface area (Å²) in [6.45, 7) is 1.21. The van der Waals surface area contributed by atoms with E-state index in [4.69, 9.17) is 5.73 Å². The summed E-state index contributed by atoms with van der Waals surface area (Å²) in [7, 11) is 0. The van der Waals surface area contributed by atoms with Crippen LogP contribution in [0.5, 0.6) is 5.75 Å². The van der Waals surface area contributed by atoms with Crippen LogP contribution in [0.3, 0.4) is 0 Å². The number of phenols is 1. The Bertz CT molecular complexity index is 850. The van der Waals surface area contributed by atoms with Crippen molar-refractivity contribution in [2.45, 2.75) is 25.4 Å². The average Bonchev–Trinajstić information content (AvgIpc) is 3.15. The van der Waals surface area contributed by atoms with Gasteiger partial charge in [-0.3, -0.25) is 19.4 Å². The fourth-order valence-electron chi connectivity index (χ4n) is 2.27. The van der Waals surface area contributed by atoms with Crippen LogP contribution >= 0.6 is 0 Å². The Balaban J connectivity index is 2.00. The van der Waals surface area contributed by atoms with Crippen molar-refractivity contribution >= 4 is 23.9 Å². The van der Waals surface area contributed by atoms with Crippen LogP contribution in [0.25, 0.3) is 0 Å². The summed E-state index contributed by atoms with van der Waals surface area (Å²) >= 11 is 0. The Kier molecular flexibility index (Phi) is 7.26. The number of para-hydroxylation sites is 1. The quantitative estimate of drug-likeness (QED) is 0.358. The first-order chi connectivity index (χ1) is 13.4. The van der Waals surface area contributed by atoms with E-state index in [2.05, 4.69) is 25.6 Å². The van der Waals surface area contributed by atoms with E-state index in [0.29, 0.717) is 11.3 Å². The molecule has 0 radical (unpaired) electrons. The van der Waals surface area contributed by atoms with E-state index in [0.717, 1.165) is 0 Å². The minimum atomic E-state index is -0.949. The second-order valence-electron chi connectivity index (χ2n) is 6.06. The normalized spacial score (nSPS) is 13.0. The maximum absolute atomic E-state index is 12.4. The van der Waals surface area contributed by atoms with Crippen molar-refractivity contribution in [2.75, 3.05) is 6.54 Å². The van der Waals surface area contributed by atoms with Crippen molar-refractivity contribution in [1.29, 1.82) is 0 Å². The number of aromatic hydroxyl groups is 1. The molecule has 0 spiro atoms. The lowest BCUT2D eigenvalue weighted by Gasteiger charge is -2.19. The molecule has 3 amide bonds. The standard InChI is InChI=1S/C18H22N6O4/c1-11(17(19)27)23-18(28)14(6-13-8-21-10-22-13)24-16(26)9-20-7-12-4-2-3-5-15(12)25/h2-5,7-8,10-11,14,25H,6,9H2,1H3,(H2,19,27)(H,21,22)(H,23,28)(H,24,26)/t11?,14-/m0/s1. The monoisotopic (exact) mass is 386 g/mol. The molecule has 28 heavy (non-hydrogen) atoms. The van der Waals surface area contributed by atoms with Crippen molar-refractivity contribution in [2.24, 2.45) is 10.7 Å². The van der Waals surface area contributed by atoms with Crippen molar-refractivity contribution in [3.05, 3.63) is 48.0 Å². The number of hydrogen-bond acceptors (Lipinski definition) is 6. The van der Waals surface area contributed by atoms with E-state index in [1.807, 2.05) is 0 Å². The minimum absolute atomic E-state index is 0.0450. The fraction of sp³-hybridized carbons (Fsp3) is 0.278. The molecular weight excluding hydrogens is 364 g/mol. The number of imidazole rings is 1. The summed E-state index contributed by atoms with van der Waals surface area (Å²) in [5.41, 5.74) is 6.26. The molecule has 2 aromatic rings.